The number of alkyl halides is 6. The molecule has 3 aliphatic carbocycles. The van der Waals surface area contributed by atoms with Gasteiger partial charge in [0.2, 0.25) is 0 Å². The molecule has 3 aliphatic rings. The summed E-state index contributed by atoms with van der Waals surface area (Å²) in [6.45, 7) is 3.99. The van der Waals surface area contributed by atoms with Crippen molar-refractivity contribution in [3.05, 3.63) is 34.4 Å². The fraction of sp³-hybridized carbons (Fsp3) is 0.727. The van der Waals surface area contributed by atoms with E-state index in [2.05, 4.69) is 10.2 Å². The normalized spacial score (nSPS) is 25.6. The summed E-state index contributed by atoms with van der Waals surface area (Å²) >= 11 is 0. The molecule has 0 radical (unpaired) electrons. The molecule has 4 nitrogen and oxygen atoms in total. The van der Waals surface area contributed by atoms with Crippen LogP contribution in [-0.2, 0) is 25.3 Å². The Hall–Kier alpha value is -2.00. The third-order valence-corrected chi connectivity index (χ3v) is 7.44. The van der Waals surface area contributed by atoms with Gasteiger partial charge in [0.15, 0.2) is 11.4 Å². The average molecular weight is 460 g/mol. The van der Waals surface area contributed by atoms with E-state index in [1.165, 1.54) is 15.4 Å². The van der Waals surface area contributed by atoms with E-state index in [1.54, 1.807) is 0 Å². The number of rotatable bonds is 5. The molecule has 0 N–H and O–H groups in total. The van der Waals surface area contributed by atoms with Crippen molar-refractivity contribution in [1.82, 2.24) is 19.6 Å². The van der Waals surface area contributed by atoms with Crippen LogP contribution < -0.4 is 0 Å². The lowest BCUT2D eigenvalue weighted by atomic mass is 10.0. The zero-order valence-corrected chi connectivity index (χ0v) is 18.0. The second-order valence-corrected chi connectivity index (χ2v) is 9.75. The largest absolute Gasteiger partial charge is 0.435 e. The molecular formula is C22H26F6N4. The average Bonchev–Trinajstić information content (AvgIpc) is 3.23. The maximum absolute atomic E-state index is 13.4. The maximum atomic E-state index is 13.4. The van der Waals surface area contributed by atoms with Crippen LogP contribution in [0.5, 0.6) is 0 Å². The van der Waals surface area contributed by atoms with Gasteiger partial charge in [-0.1, -0.05) is 12.8 Å². The molecular weight excluding hydrogens is 434 g/mol. The molecule has 2 saturated carbocycles. The summed E-state index contributed by atoms with van der Waals surface area (Å²) in [6, 6.07) is 1.000. The molecule has 2 heterocycles. The summed E-state index contributed by atoms with van der Waals surface area (Å²) in [6.07, 6.45) is -4.26. The highest BCUT2D eigenvalue weighted by molar-refractivity contribution is 5.43. The first-order chi connectivity index (χ1) is 15.0. The zero-order valence-electron chi connectivity index (χ0n) is 18.0. The Morgan fingerprint density at radius 3 is 2.31 bits per heavy atom. The summed E-state index contributed by atoms with van der Waals surface area (Å²) in [5.74, 6) is 0.374. The molecule has 2 aromatic rings. The molecule has 0 amide bonds. The van der Waals surface area contributed by atoms with Crippen LogP contribution in [0.2, 0.25) is 0 Å². The van der Waals surface area contributed by atoms with Crippen molar-refractivity contribution in [3.63, 3.8) is 0 Å². The molecule has 176 valence electrons. The number of halogens is 6. The number of hydrogen-bond acceptors (Lipinski definition) is 2. The Balaban J connectivity index is 1.36. The minimum Gasteiger partial charge on any atom is -0.269 e. The van der Waals surface area contributed by atoms with Crippen LogP contribution in [0.1, 0.15) is 92.2 Å². The molecule has 2 fully saturated rings. The predicted octanol–water partition coefficient (Wildman–Crippen LogP) is 6.33. The number of hydrogen-bond donors (Lipinski definition) is 0. The predicted molar refractivity (Wildman–Crippen MR) is 104 cm³/mol. The van der Waals surface area contributed by atoms with Crippen LogP contribution in [0, 0.1) is 11.8 Å². The van der Waals surface area contributed by atoms with Crippen LogP contribution in [-0.4, -0.2) is 19.6 Å². The lowest BCUT2D eigenvalue weighted by molar-refractivity contribution is -0.142. The lowest BCUT2D eigenvalue weighted by Gasteiger charge is -2.14. The van der Waals surface area contributed by atoms with Crippen molar-refractivity contribution < 1.29 is 26.3 Å². The second kappa shape index (κ2) is 7.25. The minimum atomic E-state index is -4.48. The van der Waals surface area contributed by atoms with E-state index in [0.29, 0.717) is 36.3 Å². The van der Waals surface area contributed by atoms with Gasteiger partial charge in [-0.2, -0.15) is 36.5 Å². The van der Waals surface area contributed by atoms with Crippen molar-refractivity contribution in [3.8, 4) is 0 Å². The van der Waals surface area contributed by atoms with E-state index in [1.807, 2.05) is 13.8 Å². The van der Waals surface area contributed by atoms with Crippen LogP contribution in [0.25, 0.3) is 0 Å². The standard InChI is InChI=1S/C22H26F6N4/c1-11(2)32-19-15(20(30-32)22(26,27)28)9-14-13(18(14)19)7-8-31-16(12-5-3-4-6-12)10-17(29-31)21(23,24)25/h10-14,18H,3-9H2,1-2H3. The SMILES string of the molecule is CC(C)n1nc(C(F)(F)F)c2c1C1C(CCn3nc(C(F)(F)F)cc3C3CCCC3)C1C2. The number of aryl methyl sites for hydroxylation is 1. The Bertz CT molecular complexity index is 1010. The highest BCUT2D eigenvalue weighted by Crippen LogP contribution is 2.64. The lowest BCUT2D eigenvalue weighted by Crippen LogP contribution is -2.12. The monoisotopic (exact) mass is 460 g/mol. The highest BCUT2D eigenvalue weighted by atomic mass is 19.4. The van der Waals surface area contributed by atoms with Gasteiger partial charge in [-0.05, 0) is 57.4 Å². The Morgan fingerprint density at radius 2 is 1.72 bits per heavy atom. The summed E-state index contributed by atoms with van der Waals surface area (Å²) in [5.41, 5.74) is -0.00632. The van der Waals surface area contributed by atoms with Crippen LogP contribution in [0.4, 0.5) is 26.3 Å². The number of nitrogens with zero attached hydrogens (tertiary/aromatic N) is 4. The van der Waals surface area contributed by atoms with Gasteiger partial charge in [0.05, 0.1) is 0 Å². The molecule has 0 saturated heterocycles. The smallest absolute Gasteiger partial charge is 0.269 e. The van der Waals surface area contributed by atoms with Crippen molar-refractivity contribution in [2.24, 2.45) is 11.8 Å². The topological polar surface area (TPSA) is 35.6 Å². The number of fused-ring (bicyclic) bond motifs is 3. The van der Waals surface area contributed by atoms with Gasteiger partial charge < -0.3 is 0 Å². The van der Waals surface area contributed by atoms with Crippen molar-refractivity contribution >= 4 is 0 Å². The molecule has 32 heavy (non-hydrogen) atoms. The highest BCUT2D eigenvalue weighted by Gasteiger charge is 2.59. The molecule has 3 atom stereocenters. The summed E-state index contributed by atoms with van der Waals surface area (Å²) < 4.78 is 83.2. The molecule has 0 spiro atoms. The van der Waals surface area contributed by atoms with Gasteiger partial charge in [-0.3, -0.25) is 9.36 Å². The fourth-order valence-corrected chi connectivity index (χ4v) is 5.99. The van der Waals surface area contributed by atoms with E-state index in [-0.39, 0.29) is 29.7 Å². The third kappa shape index (κ3) is 3.53. The second-order valence-electron chi connectivity index (χ2n) is 9.75. The van der Waals surface area contributed by atoms with E-state index in [0.717, 1.165) is 25.7 Å². The van der Waals surface area contributed by atoms with Gasteiger partial charge in [-0.15, -0.1) is 0 Å². The summed E-state index contributed by atoms with van der Waals surface area (Å²) in [7, 11) is 0. The molecule has 0 aliphatic heterocycles. The molecule has 3 unspecified atom stereocenters. The van der Waals surface area contributed by atoms with Gasteiger partial charge in [-0.25, -0.2) is 0 Å². The van der Waals surface area contributed by atoms with Crippen LogP contribution >= 0.6 is 0 Å². The summed E-state index contributed by atoms with van der Waals surface area (Å²) in [4.78, 5) is 0. The van der Waals surface area contributed by atoms with Gasteiger partial charge in [0.1, 0.15) is 0 Å². The van der Waals surface area contributed by atoms with Gasteiger partial charge >= 0.3 is 12.4 Å². The van der Waals surface area contributed by atoms with Gasteiger partial charge in [0.25, 0.3) is 0 Å². The Labute approximate surface area is 182 Å². The molecule has 2 aromatic heterocycles. The Kier molecular flexibility index (Phi) is 4.94. The van der Waals surface area contributed by atoms with Crippen LogP contribution in [0.15, 0.2) is 6.07 Å². The molecule has 0 bridgehead atoms. The molecule has 0 aromatic carbocycles. The first-order valence-electron chi connectivity index (χ1n) is 11.3. The first kappa shape index (κ1) is 21.8. The van der Waals surface area contributed by atoms with E-state index < -0.39 is 23.7 Å². The minimum absolute atomic E-state index is 0.00331. The van der Waals surface area contributed by atoms with E-state index in [9.17, 15) is 26.3 Å². The maximum Gasteiger partial charge on any atom is 0.435 e. The van der Waals surface area contributed by atoms with Crippen molar-refractivity contribution in [2.75, 3.05) is 0 Å². The van der Waals surface area contributed by atoms with Crippen LogP contribution in [0.3, 0.4) is 0 Å². The quantitative estimate of drug-likeness (QED) is 0.489. The zero-order chi connectivity index (χ0) is 23.0. The first-order valence-corrected chi connectivity index (χ1v) is 11.3. The third-order valence-electron chi connectivity index (χ3n) is 7.44. The van der Waals surface area contributed by atoms with E-state index in [4.69, 9.17) is 0 Å². The van der Waals surface area contributed by atoms with Crippen molar-refractivity contribution in [2.45, 2.75) is 89.1 Å². The fourth-order valence-electron chi connectivity index (χ4n) is 5.99. The van der Waals surface area contributed by atoms with Crippen molar-refractivity contribution in [1.29, 1.82) is 0 Å². The summed E-state index contributed by atoms with van der Waals surface area (Å²) in [5, 5.41) is 7.75. The van der Waals surface area contributed by atoms with Gasteiger partial charge in [0, 0.05) is 41.4 Å². The molecule has 10 heteroatoms. The van der Waals surface area contributed by atoms with E-state index >= 15 is 0 Å². The number of aromatic nitrogens is 4. The Morgan fingerprint density at radius 1 is 1.03 bits per heavy atom. The molecule has 5 rings (SSSR count).